The van der Waals surface area contributed by atoms with E-state index in [1.165, 1.54) is 12.1 Å². The summed E-state index contributed by atoms with van der Waals surface area (Å²) in [5.41, 5.74) is 1.31. The highest BCUT2D eigenvalue weighted by Crippen LogP contribution is 2.54. The van der Waals surface area contributed by atoms with E-state index in [1.54, 1.807) is 31.2 Å². The van der Waals surface area contributed by atoms with Gasteiger partial charge in [0.2, 0.25) is 0 Å². The molecule has 0 saturated heterocycles. The van der Waals surface area contributed by atoms with E-state index in [-0.39, 0.29) is 11.5 Å². The number of hydrogen-bond donors (Lipinski definition) is 2. The zero-order chi connectivity index (χ0) is 13.6. The Kier molecular flexibility index (Phi) is 2.66. The second-order valence-corrected chi connectivity index (χ2v) is 6.70. The van der Waals surface area contributed by atoms with Crippen molar-refractivity contribution in [2.45, 2.75) is 6.92 Å². The number of rotatable bonds is 2. The van der Waals surface area contributed by atoms with Gasteiger partial charge in [0.25, 0.3) is 7.37 Å². The quantitative estimate of drug-likeness (QED) is 0.826. The van der Waals surface area contributed by atoms with Crippen molar-refractivity contribution >= 4 is 18.0 Å². The van der Waals surface area contributed by atoms with Crippen molar-refractivity contribution in [1.29, 1.82) is 0 Å². The molecule has 1 aliphatic rings. The van der Waals surface area contributed by atoms with Crippen LogP contribution in [0.4, 0.5) is 0 Å². The molecule has 0 fully saturated rings. The molecular formula is C14H13O4P. The largest absolute Gasteiger partial charge is 0.508 e. The summed E-state index contributed by atoms with van der Waals surface area (Å²) in [5.74, 6) is 0.191. The fourth-order valence-corrected chi connectivity index (χ4v) is 4.89. The molecule has 2 N–H and O–H groups in total. The van der Waals surface area contributed by atoms with Crippen molar-refractivity contribution in [3.8, 4) is 22.6 Å². The second kappa shape index (κ2) is 4.12. The molecule has 98 valence electrons. The first kappa shape index (κ1) is 12.3. The van der Waals surface area contributed by atoms with Crippen LogP contribution in [0.3, 0.4) is 0 Å². The SMILES string of the molecule is CCOP1(=O)c2ccc(O)cc2-c2cc(O)ccc21. The van der Waals surface area contributed by atoms with E-state index in [0.29, 0.717) is 28.3 Å². The van der Waals surface area contributed by atoms with Gasteiger partial charge in [-0.15, -0.1) is 0 Å². The third-order valence-electron chi connectivity index (χ3n) is 3.20. The standard InChI is InChI=1S/C14H13O4P/c1-2-18-19(17)13-5-3-9(15)7-11(13)12-8-10(16)4-6-14(12)19/h3-8,15-16H,2H2,1H3. The molecule has 19 heavy (non-hydrogen) atoms. The molecular weight excluding hydrogens is 263 g/mol. The lowest BCUT2D eigenvalue weighted by molar-refractivity contribution is 0.348. The van der Waals surface area contributed by atoms with Gasteiger partial charge in [-0.3, -0.25) is 4.57 Å². The molecule has 0 bridgehead atoms. The molecule has 3 rings (SSSR count). The molecule has 1 aliphatic heterocycles. The molecule has 0 aromatic heterocycles. The zero-order valence-corrected chi connectivity index (χ0v) is 11.2. The smallest absolute Gasteiger partial charge is 0.262 e. The van der Waals surface area contributed by atoms with Gasteiger partial charge in [-0.05, 0) is 54.4 Å². The molecule has 0 radical (unpaired) electrons. The van der Waals surface area contributed by atoms with Crippen molar-refractivity contribution < 1.29 is 19.3 Å². The van der Waals surface area contributed by atoms with E-state index in [2.05, 4.69) is 0 Å². The molecule has 2 aromatic rings. The third-order valence-corrected chi connectivity index (χ3v) is 5.87. The molecule has 0 saturated carbocycles. The van der Waals surface area contributed by atoms with Crippen LogP contribution in [-0.2, 0) is 9.09 Å². The van der Waals surface area contributed by atoms with Gasteiger partial charge in [-0.1, -0.05) is 0 Å². The van der Waals surface area contributed by atoms with Crippen molar-refractivity contribution in [2.24, 2.45) is 0 Å². The van der Waals surface area contributed by atoms with Crippen LogP contribution in [0.2, 0.25) is 0 Å². The van der Waals surface area contributed by atoms with Gasteiger partial charge in [0.15, 0.2) is 0 Å². The molecule has 4 nitrogen and oxygen atoms in total. The van der Waals surface area contributed by atoms with E-state index >= 15 is 0 Å². The van der Waals surface area contributed by atoms with Gasteiger partial charge < -0.3 is 14.7 Å². The first-order valence-corrected chi connectivity index (χ1v) is 7.61. The Labute approximate surface area is 110 Å². The Morgan fingerprint density at radius 2 is 1.47 bits per heavy atom. The van der Waals surface area contributed by atoms with Gasteiger partial charge in [-0.25, -0.2) is 0 Å². The predicted octanol–water partition coefficient (Wildman–Crippen LogP) is 2.34. The molecule has 5 heteroatoms. The van der Waals surface area contributed by atoms with Crippen molar-refractivity contribution in [3.05, 3.63) is 36.4 Å². The summed E-state index contributed by atoms with van der Waals surface area (Å²) in [5, 5.41) is 20.3. The van der Waals surface area contributed by atoms with Gasteiger partial charge >= 0.3 is 0 Å². The van der Waals surface area contributed by atoms with Crippen LogP contribution in [0.5, 0.6) is 11.5 Å². The molecule has 2 aromatic carbocycles. The first-order valence-electron chi connectivity index (χ1n) is 5.98. The lowest BCUT2D eigenvalue weighted by atomic mass is 10.1. The van der Waals surface area contributed by atoms with Gasteiger partial charge in [0, 0.05) is 10.6 Å². The molecule has 0 aliphatic carbocycles. The van der Waals surface area contributed by atoms with Crippen LogP contribution < -0.4 is 10.6 Å². The summed E-state index contributed by atoms with van der Waals surface area (Å²) < 4.78 is 18.6. The van der Waals surface area contributed by atoms with Crippen molar-refractivity contribution in [3.63, 3.8) is 0 Å². The second-order valence-electron chi connectivity index (χ2n) is 4.37. The first-order chi connectivity index (χ1) is 9.06. The average Bonchev–Trinajstić information content (AvgIpc) is 2.59. The average molecular weight is 276 g/mol. The molecule has 0 amide bonds. The lowest BCUT2D eigenvalue weighted by Crippen LogP contribution is -2.12. The highest BCUT2D eigenvalue weighted by Gasteiger charge is 2.40. The van der Waals surface area contributed by atoms with Crippen LogP contribution in [0.25, 0.3) is 11.1 Å². The lowest BCUT2D eigenvalue weighted by Gasteiger charge is -2.14. The van der Waals surface area contributed by atoms with Gasteiger partial charge in [0.1, 0.15) is 11.5 Å². The van der Waals surface area contributed by atoms with E-state index < -0.39 is 7.37 Å². The Bertz CT molecular complexity index is 653. The van der Waals surface area contributed by atoms with Crippen LogP contribution >= 0.6 is 7.37 Å². The van der Waals surface area contributed by atoms with Crippen LogP contribution in [0.15, 0.2) is 36.4 Å². The zero-order valence-electron chi connectivity index (χ0n) is 10.3. The number of phenolic OH excluding ortho intramolecular Hbond substituents is 2. The topological polar surface area (TPSA) is 66.8 Å². The number of hydrogen-bond acceptors (Lipinski definition) is 4. The molecule has 0 atom stereocenters. The highest BCUT2D eigenvalue weighted by atomic mass is 31.2. The Balaban J connectivity index is 2.36. The Hall–Kier alpha value is -1.77. The minimum Gasteiger partial charge on any atom is -0.508 e. The number of phenols is 2. The fraction of sp³-hybridized carbons (Fsp3) is 0.143. The predicted molar refractivity (Wildman–Crippen MR) is 73.7 cm³/mol. The summed E-state index contributed by atoms with van der Waals surface area (Å²) in [4.78, 5) is 0. The normalized spacial score (nSPS) is 15.0. The van der Waals surface area contributed by atoms with Crippen LogP contribution in [0, 0.1) is 0 Å². The summed E-state index contributed by atoms with van der Waals surface area (Å²) in [6.07, 6.45) is 0. The Morgan fingerprint density at radius 1 is 1.00 bits per heavy atom. The maximum Gasteiger partial charge on any atom is 0.262 e. The van der Waals surface area contributed by atoms with E-state index in [9.17, 15) is 14.8 Å². The van der Waals surface area contributed by atoms with E-state index in [4.69, 9.17) is 4.52 Å². The van der Waals surface area contributed by atoms with E-state index in [1.807, 2.05) is 0 Å². The fourth-order valence-electron chi connectivity index (χ4n) is 2.44. The van der Waals surface area contributed by atoms with Crippen LogP contribution in [0.1, 0.15) is 6.92 Å². The maximum atomic E-state index is 13.1. The number of aromatic hydroxyl groups is 2. The van der Waals surface area contributed by atoms with Crippen molar-refractivity contribution in [2.75, 3.05) is 6.61 Å². The molecule has 0 unspecified atom stereocenters. The van der Waals surface area contributed by atoms with Gasteiger partial charge in [-0.2, -0.15) is 0 Å². The summed E-state index contributed by atoms with van der Waals surface area (Å²) in [6, 6.07) is 9.33. The third kappa shape index (κ3) is 1.68. The highest BCUT2D eigenvalue weighted by molar-refractivity contribution is 7.75. The summed E-state index contributed by atoms with van der Waals surface area (Å²) >= 11 is 0. The molecule has 0 spiro atoms. The Morgan fingerprint density at radius 3 is 1.89 bits per heavy atom. The van der Waals surface area contributed by atoms with Crippen molar-refractivity contribution in [1.82, 2.24) is 0 Å². The minimum absolute atomic E-state index is 0.0954. The monoisotopic (exact) mass is 276 g/mol. The number of fused-ring (bicyclic) bond motifs is 3. The molecule has 1 heterocycles. The van der Waals surface area contributed by atoms with E-state index in [0.717, 1.165) is 0 Å². The summed E-state index contributed by atoms with van der Waals surface area (Å²) in [6.45, 7) is 2.12. The van der Waals surface area contributed by atoms with Gasteiger partial charge in [0.05, 0.1) is 6.61 Å². The van der Waals surface area contributed by atoms with Crippen LogP contribution in [-0.4, -0.2) is 16.8 Å². The maximum absolute atomic E-state index is 13.1. The summed E-state index contributed by atoms with van der Waals surface area (Å²) in [7, 11) is -3.11. The number of benzene rings is 2. The minimum atomic E-state index is -3.11.